The predicted octanol–water partition coefficient (Wildman–Crippen LogP) is -0.463. The van der Waals surface area contributed by atoms with E-state index in [-0.39, 0.29) is 11.7 Å². The lowest BCUT2D eigenvalue weighted by Crippen LogP contribution is -2.32. The van der Waals surface area contributed by atoms with E-state index >= 15 is 0 Å². The summed E-state index contributed by atoms with van der Waals surface area (Å²) in [6, 6.07) is 0. The Kier molecular flexibility index (Phi) is 7.08. The van der Waals surface area contributed by atoms with Gasteiger partial charge in [0.1, 0.15) is 0 Å². The molecule has 0 aromatic rings. The van der Waals surface area contributed by atoms with Crippen LogP contribution in [-0.2, 0) is 14.8 Å². The smallest absolute Gasteiger partial charge is 0.211 e. The largest absolute Gasteiger partial charge is 0.384 e. The highest BCUT2D eigenvalue weighted by Crippen LogP contribution is 1.95. The van der Waals surface area contributed by atoms with E-state index in [1.807, 2.05) is 6.92 Å². The van der Waals surface area contributed by atoms with Crippen LogP contribution >= 0.6 is 0 Å². The van der Waals surface area contributed by atoms with Gasteiger partial charge in [0, 0.05) is 20.3 Å². The molecule has 0 saturated carbocycles. The van der Waals surface area contributed by atoms with Gasteiger partial charge in [-0.15, -0.1) is 0 Å². The molecule has 0 aliphatic rings. The van der Waals surface area contributed by atoms with Crippen LogP contribution in [0.15, 0.2) is 0 Å². The maximum Gasteiger partial charge on any atom is 0.211 e. The van der Waals surface area contributed by atoms with E-state index < -0.39 is 10.0 Å². The van der Waals surface area contributed by atoms with Gasteiger partial charge in [0.05, 0.1) is 5.75 Å². The summed E-state index contributed by atoms with van der Waals surface area (Å²) in [5.41, 5.74) is 5.23. The second kappa shape index (κ2) is 7.17. The van der Waals surface area contributed by atoms with Crippen LogP contribution in [0.4, 0.5) is 0 Å². The summed E-state index contributed by atoms with van der Waals surface area (Å²) in [6.45, 7) is 3.30. The summed E-state index contributed by atoms with van der Waals surface area (Å²) >= 11 is 0. The normalized spacial score (nSPS) is 14.2. The number of ether oxygens (including phenoxy) is 1. The van der Waals surface area contributed by atoms with Crippen LogP contribution in [0.2, 0.25) is 0 Å². The quantitative estimate of drug-likeness (QED) is 0.584. The molecule has 0 amide bonds. The average Bonchev–Trinajstić information content (AvgIpc) is 2.13. The summed E-state index contributed by atoms with van der Waals surface area (Å²) in [4.78, 5) is 0. The third-order valence-electron chi connectivity index (χ3n) is 1.72. The third kappa shape index (κ3) is 7.25. The predicted molar refractivity (Wildman–Crippen MR) is 56.5 cm³/mol. The minimum atomic E-state index is -3.14. The number of nitrogens with two attached hydrogens (primary N) is 1. The minimum absolute atomic E-state index is 0.100. The Balaban J connectivity index is 3.75. The van der Waals surface area contributed by atoms with Gasteiger partial charge in [-0.1, -0.05) is 6.92 Å². The van der Waals surface area contributed by atoms with Crippen molar-refractivity contribution in [3.63, 3.8) is 0 Å². The first-order valence-electron chi connectivity index (χ1n) is 4.68. The highest BCUT2D eigenvalue weighted by molar-refractivity contribution is 7.89. The molecular formula is C8H20N2O3S. The maximum absolute atomic E-state index is 11.3. The number of sulfonamides is 1. The van der Waals surface area contributed by atoms with Crippen molar-refractivity contribution in [1.82, 2.24) is 4.72 Å². The summed E-state index contributed by atoms with van der Waals surface area (Å²) in [5, 5.41) is 0. The number of nitrogens with one attached hydrogen (secondary N) is 1. The number of hydrogen-bond acceptors (Lipinski definition) is 4. The lowest BCUT2D eigenvalue weighted by molar-refractivity contribution is 0.161. The first-order valence-corrected chi connectivity index (χ1v) is 6.33. The molecule has 0 heterocycles. The molecule has 0 aliphatic carbocycles. The molecule has 86 valence electrons. The van der Waals surface area contributed by atoms with Gasteiger partial charge in [-0.3, -0.25) is 0 Å². The van der Waals surface area contributed by atoms with Crippen molar-refractivity contribution < 1.29 is 13.2 Å². The molecule has 0 fully saturated rings. The second-order valence-electron chi connectivity index (χ2n) is 3.37. The van der Waals surface area contributed by atoms with Crippen molar-refractivity contribution >= 4 is 10.0 Å². The molecule has 0 rings (SSSR count). The molecular weight excluding hydrogens is 204 g/mol. The maximum atomic E-state index is 11.3. The number of methoxy groups -OCH3 is 1. The van der Waals surface area contributed by atoms with Crippen molar-refractivity contribution in [2.45, 2.75) is 13.3 Å². The monoisotopic (exact) mass is 224 g/mol. The van der Waals surface area contributed by atoms with Crippen LogP contribution in [0.3, 0.4) is 0 Å². The highest BCUT2D eigenvalue weighted by Gasteiger charge is 2.10. The molecule has 0 aromatic carbocycles. The van der Waals surface area contributed by atoms with Gasteiger partial charge in [-0.05, 0) is 18.9 Å². The molecule has 5 nitrogen and oxygen atoms in total. The average molecular weight is 224 g/mol. The Bertz CT molecular complexity index is 229. The van der Waals surface area contributed by atoms with Gasteiger partial charge in [-0.25, -0.2) is 13.1 Å². The Hall–Kier alpha value is -0.170. The number of rotatable bonds is 8. The Morgan fingerprint density at radius 1 is 1.50 bits per heavy atom. The molecule has 6 heteroatoms. The van der Waals surface area contributed by atoms with E-state index in [1.165, 1.54) is 0 Å². The standard InChI is InChI=1S/C8H20N2O3S/c1-8(7-13-2)6-10-14(11,12)5-3-4-9/h8,10H,3-7,9H2,1-2H3. The van der Waals surface area contributed by atoms with E-state index in [0.717, 1.165) is 0 Å². The first kappa shape index (κ1) is 13.8. The lowest BCUT2D eigenvalue weighted by atomic mass is 10.2. The molecule has 0 aromatic heterocycles. The Morgan fingerprint density at radius 3 is 2.64 bits per heavy atom. The summed E-state index contributed by atoms with van der Waals surface area (Å²) in [6.07, 6.45) is 0.494. The van der Waals surface area contributed by atoms with E-state index in [4.69, 9.17) is 10.5 Å². The highest BCUT2D eigenvalue weighted by atomic mass is 32.2. The van der Waals surface area contributed by atoms with E-state index in [0.29, 0.717) is 26.1 Å². The van der Waals surface area contributed by atoms with Crippen molar-refractivity contribution in [2.75, 3.05) is 32.6 Å². The van der Waals surface area contributed by atoms with Gasteiger partial charge in [0.2, 0.25) is 10.0 Å². The third-order valence-corrected chi connectivity index (χ3v) is 3.15. The lowest BCUT2D eigenvalue weighted by Gasteiger charge is -2.11. The molecule has 0 bridgehead atoms. The molecule has 0 spiro atoms. The Morgan fingerprint density at radius 2 is 2.14 bits per heavy atom. The zero-order valence-electron chi connectivity index (χ0n) is 8.82. The fraction of sp³-hybridized carbons (Fsp3) is 1.00. The molecule has 0 saturated heterocycles. The summed E-state index contributed by atoms with van der Waals surface area (Å²) in [5.74, 6) is 0.288. The molecule has 0 aliphatic heterocycles. The summed E-state index contributed by atoms with van der Waals surface area (Å²) < 4.78 is 30.0. The number of hydrogen-bond donors (Lipinski definition) is 2. The van der Waals surface area contributed by atoms with Crippen LogP contribution in [0, 0.1) is 5.92 Å². The van der Waals surface area contributed by atoms with Crippen LogP contribution in [0.1, 0.15) is 13.3 Å². The molecule has 0 radical (unpaired) electrons. The van der Waals surface area contributed by atoms with Crippen molar-refractivity contribution in [2.24, 2.45) is 11.7 Å². The van der Waals surface area contributed by atoms with Crippen LogP contribution in [0.5, 0.6) is 0 Å². The fourth-order valence-electron chi connectivity index (χ4n) is 0.958. The second-order valence-corrected chi connectivity index (χ2v) is 5.30. The molecule has 1 unspecified atom stereocenters. The van der Waals surface area contributed by atoms with Crippen molar-refractivity contribution in [3.05, 3.63) is 0 Å². The fourth-order valence-corrected chi connectivity index (χ4v) is 2.19. The van der Waals surface area contributed by atoms with Gasteiger partial charge < -0.3 is 10.5 Å². The Labute approximate surface area is 86.1 Å². The first-order chi connectivity index (χ1) is 6.52. The molecule has 1 atom stereocenters. The van der Waals surface area contributed by atoms with Gasteiger partial charge >= 0.3 is 0 Å². The van der Waals surface area contributed by atoms with E-state index in [2.05, 4.69) is 4.72 Å². The van der Waals surface area contributed by atoms with Crippen LogP contribution in [0.25, 0.3) is 0 Å². The van der Waals surface area contributed by atoms with Crippen LogP contribution < -0.4 is 10.5 Å². The van der Waals surface area contributed by atoms with Gasteiger partial charge in [0.25, 0.3) is 0 Å². The van der Waals surface area contributed by atoms with E-state index in [1.54, 1.807) is 7.11 Å². The molecule has 14 heavy (non-hydrogen) atoms. The molecule has 3 N–H and O–H groups in total. The SMILES string of the molecule is COCC(C)CNS(=O)(=O)CCCN. The van der Waals surface area contributed by atoms with Crippen molar-refractivity contribution in [1.29, 1.82) is 0 Å². The van der Waals surface area contributed by atoms with Crippen LogP contribution in [-0.4, -0.2) is 41.0 Å². The topological polar surface area (TPSA) is 81.4 Å². The zero-order chi connectivity index (χ0) is 11.0. The van der Waals surface area contributed by atoms with Gasteiger partial charge in [0.15, 0.2) is 0 Å². The zero-order valence-corrected chi connectivity index (χ0v) is 9.64. The van der Waals surface area contributed by atoms with Gasteiger partial charge in [-0.2, -0.15) is 0 Å². The minimum Gasteiger partial charge on any atom is -0.384 e. The van der Waals surface area contributed by atoms with E-state index in [9.17, 15) is 8.42 Å². The van der Waals surface area contributed by atoms with Crippen molar-refractivity contribution in [3.8, 4) is 0 Å². The summed E-state index contributed by atoms with van der Waals surface area (Å²) in [7, 11) is -1.55.